The number of rotatable bonds is 4. The summed E-state index contributed by atoms with van der Waals surface area (Å²) in [5.41, 5.74) is -1.04. The maximum atomic E-state index is 13.1. The van der Waals surface area contributed by atoms with Gasteiger partial charge in [0.1, 0.15) is 5.82 Å². The van der Waals surface area contributed by atoms with Crippen LogP contribution in [0.25, 0.3) is 11.3 Å². The second-order valence-corrected chi connectivity index (χ2v) is 8.22. The van der Waals surface area contributed by atoms with Gasteiger partial charge in [-0.2, -0.15) is 13.2 Å². The summed E-state index contributed by atoms with van der Waals surface area (Å²) in [7, 11) is 0. The van der Waals surface area contributed by atoms with E-state index in [1.54, 1.807) is 45.0 Å². The van der Waals surface area contributed by atoms with Gasteiger partial charge in [-0.05, 0) is 56.7 Å². The van der Waals surface area contributed by atoms with Gasteiger partial charge in [-0.15, -0.1) is 0 Å². The van der Waals surface area contributed by atoms with Crippen LogP contribution in [-0.4, -0.2) is 34.2 Å². The number of nitrogens with zero attached hydrogens (tertiary/aromatic N) is 1. The average Bonchev–Trinajstić information content (AvgIpc) is 3.36. The van der Waals surface area contributed by atoms with Gasteiger partial charge in [0, 0.05) is 29.6 Å². The molecule has 30 heavy (non-hydrogen) atoms. The molecule has 1 aromatic heterocycles. The number of carbonyl (C=O) groups is 2. The molecular formula is C21H20F4N2O3. The molecule has 5 nitrogen and oxygen atoms in total. The minimum atomic E-state index is -5.22. The van der Waals surface area contributed by atoms with Crippen LogP contribution in [0.3, 0.4) is 0 Å². The van der Waals surface area contributed by atoms with Crippen LogP contribution in [0, 0.1) is 5.82 Å². The molecule has 1 fully saturated rings. The number of alkyl halides is 3. The predicted octanol–water partition coefficient (Wildman–Crippen LogP) is 4.13. The molecule has 2 aromatic rings. The fraction of sp³-hybridized carbons (Fsp3) is 0.381. The summed E-state index contributed by atoms with van der Waals surface area (Å²) in [5.74, 6) is -4.36. The van der Waals surface area contributed by atoms with E-state index in [-0.39, 0.29) is 6.42 Å². The van der Waals surface area contributed by atoms with Gasteiger partial charge < -0.3 is 10.1 Å². The Morgan fingerprint density at radius 3 is 2.23 bits per heavy atom. The third-order valence-electron chi connectivity index (χ3n) is 4.62. The zero-order chi connectivity index (χ0) is 22.3. The lowest BCUT2D eigenvalue weighted by Gasteiger charge is -2.26. The molecule has 3 rings (SSSR count). The number of aromatic nitrogens is 1. The lowest BCUT2D eigenvalue weighted by Crippen LogP contribution is -2.50. The van der Waals surface area contributed by atoms with Crippen molar-refractivity contribution >= 4 is 11.9 Å². The lowest BCUT2D eigenvalue weighted by atomic mass is 10.0. The van der Waals surface area contributed by atoms with Crippen LogP contribution >= 0.6 is 0 Å². The summed E-state index contributed by atoms with van der Waals surface area (Å²) in [6.07, 6.45) is -3.89. The van der Waals surface area contributed by atoms with Crippen molar-refractivity contribution in [3.05, 3.63) is 54.0 Å². The summed E-state index contributed by atoms with van der Waals surface area (Å²) >= 11 is 0. The molecule has 0 radical (unpaired) electrons. The van der Waals surface area contributed by atoms with Crippen LogP contribution in [0.5, 0.6) is 0 Å². The van der Waals surface area contributed by atoms with E-state index >= 15 is 0 Å². The number of hydrogen-bond acceptors (Lipinski definition) is 4. The normalized spacial score (nSPS) is 21.1. The van der Waals surface area contributed by atoms with Crippen molar-refractivity contribution in [1.82, 2.24) is 10.3 Å². The molecule has 0 spiro atoms. The molecule has 0 aliphatic heterocycles. The predicted molar refractivity (Wildman–Crippen MR) is 99.8 cm³/mol. The van der Waals surface area contributed by atoms with Gasteiger partial charge in [0.25, 0.3) is 5.91 Å². The smallest absolute Gasteiger partial charge is 0.442 e. The van der Waals surface area contributed by atoms with E-state index in [0.29, 0.717) is 16.8 Å². The number of esters is 1. The van der Waals surface area contributed by atoms with Gasteiger partial charge in [-0.3, -0.25) is 9.78 Å². The Hall–Kier alpha value is -2.97. The lowest BCUT2D eigenvalue weighted by molar-refractivity contribution is -0.207. The SMILES string of the molecule is CC(C)(C)NC(=O)C1(OC(=O)C(F)(F)F)CC1c1ccc(-c2ccc(F)cc2)nc1. The summed E-state index contributed by atoms with van der Waals surface area (Å²) in [6.45, 7) is 5.00. The molecule has 0 saturated heterocycles. The van der Waals surface area contributed by atoms with Crippen LogP contribution in [0.2, 0.25) is 0 Å². The van der Waals surface area contributed by atoms with Crippen LogP contribution in [0.4, 0.5) is 17.6 Å². The average molecular weight is 424 g/mol. The number of halogens is 4. The second kappa shape index (κ2) is 7.37. The fourth-order valence-electron chi connectivity index (χ4n) is 3.11. The summed E-state index contributed by atoms with van der Waals surface area (Å²) < 4.78 is 56.0. The quantitative estimate of drug-likeness (QED) is 0.592. The van der Waals surface area contributed by atoms with Crippen molar-refractivity contribution in [3.8, 4) is 11.3 Å². The number of nitrogens with one attached hydrogen (secondary N) is 1. The first-order valence-corrected chi connectivity index (χ1v) is 9.16. The topological polar surface area (TPSA) is 68.3 Å². The molecule has 1 amide bonds. The number of ether oxygens (including phenoxy) is 1. The Labute approximate surface area is 170 Å². The highest BCUT2D eigenvalue weighted by Crippen LogP contribution is 2.55. The van der Waals surface area contributed by atoms with Crippen LogP contribution in [0.15, 0.2) is 42.6 Å². The zero-order valence-electron chi connectivity index (χ0n) is 16.5. The van der Waals surface area contributed by atoms with Crippen LogP contribution in [-0.2, 0) is 14.3 Å². The first kappa shape index (κ1) is 21.7. The van der Waals surface area contributed by atoms with Crippen molar-refractivity contribution in [1.29, 1.82) is 0 Å². The van der Waals surface area contributed by atoms with Crippen LogP contribution in [0.1, 0.15) is 38.7 Å². The van der Waals surface area contributed by atoms with Gasteiger partial charge in [0.15, 0.2) is 5.60 Å². The largest absolute Gasteiger partial charge is 0.490 e. The van der Waals surface area contributed by atoms with Gasteiger partial charge in [0.05, 0.1) is 5.69 Å². The summed E-state index contributed by atoms with van der Waals surface area (Å²) in [6, 6.07) is 8.86. The molecule has 9 heteroatoms. The highest BCUT2D eigenvalue weighted by atomic mass is 19.4. The standard InChI is InChI=1S/C21H20F4N2O3/c1-19(2,3)27-17(28)20(30-18(29)21(23,24)25)10-15(20)13-6-9-16(26-11-13)12-4-7-14(22)8-5-12/h4-9,11,15H,10H2,1-3H3,(H,27,28). The molecule has 2 unspecified atom stereocenters. The molecule has 1 saturated carbocycles. The number of hydrogen-bond donors (Lipinski definition) is 1. The first-order chi connectivity index (χ1) is 13.8. The van der Waals surface area contributed by atoms with E-state index in [9.17, 15) is 27.2 Å². The van der Waals surface area contributed by atoms with Crippen molar-refractivity contribution in [3.63, 3.8) is 0 Å². The molecule has 1 aliphatic rings. The van der Waals surface area contributed by atoms with E-state index in [4.69, 9.17) is 0 Å². The summed E-state index contributed by atoms with van der Waals surface area (Å²) in [5, 5.41) is 2.58. The Balaban J connectivity index is 1.85. The Morgan fingerprint density at radius 2 is 1.73 bits per heavy atom. The fourth-order valence-corrected chi connectivity index (χ4v) is 3.11. The number of carbonyl (C=O) groups excluding carboxylic acids is 2. The van der Waals surface area contributed by atoms with Crippen LogP contribution < -0.4 is 5.32 Å². The molecule has 1 heterocycles. The minimum absolute atomic E-state index is 0.0890. The Kier molecular flexibility index (Phi) is 5.34. The van der Waals surface area contributed by atoms with Crippen molar-refractivity contribution in [2.75, 3.05) is 0 Å². The molecule has 1 N–H and O–H groups in total. The molecular weight excluding hydrogens is 404 g/mol. The maximum Gasteiger partial charge on any atom is 0.490 e. The van der Waals surface area contributed by atoms with Gasteiger partial charge >= 0.3 is 12.1 Å². The second-order valence-electron chi connectivity index (χ2n) is 8.22. The maximum absolute atomic E-state index is 13.1. The molecule has 1 aliphatic carbocycles. The number of amides is 1. The van der Waals surface area contributed by atoms with E-state index in [2.05, 4.69) is 15.0 Å². The van der Waals surface area contributed by atoms with Crippen molar-refractivity contribution in [2.45, 2.75) is 50.4 Å². The third-order valence-corrected chi connectivity index (χ3v) is 4.62. The van der Waals surface area contributed by atoms with E-state index in [1.165, 1.54) is 18.3 Å². The summed E-state index contributed by atoms with van der Waals surface area (Å²) in [4.78, 5) is 28.4. The monoisotopic (exact) mass is 424 g/mol. The Morgan fingerprint density at radius 1 is 1.10 bits per heavy atom. The van der Waals surface area contributed by atoms with Gasteiger partial charge in [-0.25, -0.2) is 9.18 Å². The Bertz CT molecular complexity index is 950. The van der Waals surface area contributed by atoms with E-state index < -0.39 is 40.9 Å². The number of benzene rings is 1. The zero-order valence-corrected chi connectivity index (χ0v) is 16.5. The van der Waals surface area contributed by atoms with Crippen molar-refractivity contribution < 1.29 is 31.9 Å². The third kappa shape index (κ3) is 4.60. The van der Waals surface area contributed by atoms with Gasteiger partial charge in [0.2, 0.25) is 0 Å². The highest BCUT2D eigenvalue weighted by molar-refractivity contribution is 5.94. The number of pyridine rings is 1. The minimum Gasteiger partial charge on any atom is -0.442 e. The van der Waals surface area contributed by atoms with E-state index in [0.717, 1.165) is 0 Å². The molecule has 0 bridgehead atoms. The molecule has 1 aromatic carbocycles. The van der Waals surface area contributed by atoms with Gasteiger partial charge in [-0.1, -0.05) is 6.07 Å². The molecule has 160 valence electrons. The van der Waals surface area contributed by atoms with Crippen molar-refractivity contribution in [2.24, 2.45) is 0 Å². The van der Waals surface area contributed by atoms with E-state index in [1.807, 2.05) is 0 Å². The highest BCUT2D eigenvalue weighted by Gasteiger charge is 2.66. The first-order valence-electron chi connectivity index (χ1n) is 9.16. The molecule has 2 atom stereocenters.